The van der Waals surface area contributed by atoms with Gasteiger partial charge in [0.15, 0.2) is 0 Å². The lowest BCUT2D eigenvalue weighted by atomic mass is 9.93. The number of aromatic nitrogens is 1. The van der Waals surface area contributed by atoms with Crippen LogP contribution in [0.5, 0.6) is 0 Å². The summed E-state index contributed by atoms with van der Waals surface area (Å²) >= 11 is 1.81. The molecule has 0 unspecified atom stereocenters. The van der Waals surface area contributed by atoms with Gasteiger partial charge in [0.25, 0.3) is 0 Å². The number of hydrogen-bond acceptors (Lipinski definition) is 2. The summed E-state index contributed by atoms with van der Waals surface area (Å²) < 4.78 is 0. The highest BCUT2D eigenvalue weighted by Gasteiger charge is 2.17. The summed E-state index contributed by atoms with van der Waals surface area (Å²) in [7, 11) is 0. The number of thiazole rings is 1. The van der Waals surface area contributed by atoms with Gasteiger partial charge in [-0.25, -0.2) is 4.98 Å². The van der Waals surface area contributed by atoms with Crippen molar-refractivity contribution in [3.05, 3.63) is 16.1 Å². The number of hydrogen-bond donors (Lipinski definition) is 0. The fourth-order valence-corrected chi connectivity index (χ4v) is 2.22. The molecule has 1 heterocycles. The van der Waals surface area contributed by atoms with Gasteiger partial charge in [0.05, 0.1) is 10.7 Å². The lowest BCUT2D eigenvalue weighted by Gasteiger charge is -2.14. The Hall–Kier alpha value is -0.370. The molecule has 80 valence electrons. The molecule has 0 bridgehead atoms. The largest absolute Gasteiger partial charge is 0.246 e. The summed E-state index contributed by atoms with van der Waals surface area (Å²) in [5.41, 5.74) is 1.44. The lowest BCUT2D eigenvalue weighted by Crippen LogP contribution is -2.11. The molecule has 1 rings (SSSR count). The second kappa shape index (κ2) is 4.43. The Morgan fingerprint density at radius 2 is 2.00 bits per heavy atom. The third kappa shape index (κ3) is 3.41. The number of aryl methyl sites for hydroxylation is 1. The highest BCUT2D eigenvalue weighted by Crippen LogP contribution is 2.24. The molecule has 14 heavy (non-hydrogen) atoms. The molecule has 0 saturated carbocycles. The first-order chi connectivity index (χ1) is 6.39. The van der Waals surface area contributed by atoms with Crippen LogP contribution in [0.25, 0.3) is 0 Å². The van der Waals surface area contributed by atoms with E-state index in [0.717, 1.165) is 12.3 Å². The van der Waals surface area contributed by atoms with Crippen LogP contribution < -0.4 is 0 Å². The van der Waals surface area contributed by atoms with Gasteiger partial charge in [-0.3, -0.25) is 0 Å². The maximum Gasteiger partial charge on any atom is 0.0928 e. The van der Waals surface area contributed by atoms with E-state index in [4.69, 9.17) is 0 Å². The topological polar surface area (TPSA) is 12.9 Å². The number of nitrogens with zero attached hydrogens (tertiary/aromatic N) is 1. The van der Waals surface area contributed by atoms with Crippen molar-refractivity contribution in [3.63, 3.8) is 0 Å². The van der Waals surface area contributed by atoms with Gasteiger partial charge in [-0.2, -0.15) is 0 Å². The van der Waals surface area contributed by atoms with Crippen LogP contribution in [0.1, 0.15) is 51.7 Å². The first kappa shape index (κ1) is 11.7. The summed E-state index contributed by atoms with van der Waals surface area (Å²) in [6.45, 7) is 11.2. The van der Waals surface area contributed by atoms with Crippen LogP contribution >= 0.6 is 11.3 Å². The van der Waals surface area contributed by atoms with Crippen LogP contribution in [0.4, 0.5) is 0 Å². The fraction of sp³-hybridized carbons (Fsp3) is 0.750. The van der Waals surface area contributed by atoms with Gasteiger partial charge in [0.2, 0.25) is 0 Å². The molecule has 1 aromatic rings. The average Bonchev–Trinajstić information content (AvgIpc) is 2.47. The van der Waals surface area contributed by atoms with Gasteiger partial charge >= 0.3 is 0 Å². The van der Waals surface area contributed by atoms with E-state index < -0.39 is 0 Å². The monoisotopic (exact) mass is 211 g/mol. The Balaban J connectivity index is 2.60. The minimum atomic E-state index is 0.201. The van der Waals surface area contributed by atoms with Crippen molar-refractivity contribution in [2.75, 3.05) is 0 Å². The molecule has 0 aliphatic rings. The molecule has 2 heteroatoms. The minimum absolute atomic E-state index is 0.201. The van der Waals surface area contributed by atoms with Gasteiger partial charge < -0.3 is 0 Å². The predicted molar refractivity (Wildman–Crippen MR) is 64.0 cm³/mol. The van der Waals surface area contributed by atoms with Crippen molar-refractivity contribution < 1.29 is 0 Å². The highest BCUT2D eigenvalue weighted by molar-refractivity contribution is 7.09. The van der Waals surface area contributed by atoms with E-state index in [9.17, 15) is 0 Å². The highest BCUT2D eigenvalue weighted by atomic mass is 32.1. The molecule has 0 aliphatic heterocycles. The zero-order valence-electron chi connectivity index (χ0n) is 9.92. The Kier molecular flexibility index (Phi) is 3.71. The second-order valence-electron chi connectivity index (χ2n) is 5.31. The van der Waals surface area contributed by atoms with Crippen molar-refractivity contribution in [1.82, 2.24) is 4.98 Å². The summed E-state index contributed by atoms with van der Waals surface area (Å²) in [4.78, 5) is 4.67. The Morgan fingerprint density at radius 3 is 2.43 bits per heavy atom. The fourth-order valence-electron chi connectivity index (χ4n) is 1.18. The zero-order valence-corrected chi connectivity index (χ0v) is 10.7. The van der Waals surface area contributed by atoms with E-state index in [1.807, 2.05) is 11.3 Å². The van der Waals surface area contributed by atoms with Crippen molar-refractivity contribution in [2.45, 2.75) is 52.9 Å². The molecule has 1 aromatic heterocycles. The summed E-state index contributed by atoms with van der Waals surface area (Å²) in [5.74, 6) is 0.775. The van der Waals surface area contributed by atoms with Crippen LogP contribution in [-0.4, -0.2) is 4.98 Å². The van der Waals surface area contributed by atoms with Crippen molar-refractivity contribution in [3.8, 4) is 0 Å². The Bertz CT molecular complexity index is 281. The summed E-state index contributed by atoms with van der Waals surface area (Å²) in [6, 6.07) is 0. The van der Waals surface area contributed by atoms with Crippen LogP contribution in [0, 0.1) is 5.92 Å². The van der Waals surface area contributed by atoms with Gasteiger partial charge in [0.1, 0.15) is 0 Å². The molecule has 0 atom stereocenters. The third-order valence-electron chi connectivity index (χ3n) is 2.26. The van der Waals surface area contributed by atoms with E-state index >= 15 is 0 Å². The molecular weight excluding hydrogens is 190 g/mol. The van der Waals surface area contributed by atoms with E-state index in [1.165, 1.54) is 17.1 Å². The smallest absolute Gasteiger partial charge is 0.0928 e. The van der Waals surface area contributed by atoms with Crippen LogP contribution in [-0.2, 0) is 11.8 Å². The first-order valence-electron chi connectivity index (χ1n) is 5.34. The second-order valence-corrected chi connectivity index (χ2v) is 6.25. The molecule has 0 spiro atoms. The Morgan fingerprint density at radius 1 is 1.36 bits per heavy atom. The quantitative estimate of drug-likeness (QED) is 0.735. The van der Waals surface area contributed by atoms with E-state index in [0.29, 0.717) is 0 Å². The molecular formula is C12H21NS. The minimum Gasteiger partial charge on any atom is -0.246 e. The maximum absolute atomic E-state index is 4.67. The van der Waals surface area contributed by atoms with E-state index in [1.54, 1.807) is 0 Å². The van der Waals surface area contributed by atoms with Crippen LogP contribution in [0.3, 0.4) is 0 Å². The first-order valence-corrected chi connectivity index (χ1v) is 6.22. The zero-order chi connectivity index (χ0) is 10.8. The van der Waals surface area contributed by atoms with Gasteiger partial charge in [-0.1, -0.05) is 34.6 Å². The predicted octanol–water partition coefficient (Wildman–Crippen LogP) is 4.03. The lowest BCUT2D eigenvalue weighted by molar-refractivity contribution is 0.561. The molecule has 0 aromatic carbocycles. The van der Waals surface area contributed by atoms with Crippen LogP contribution in [0.2, 0.25) is 0 Å². The molecule has 0 fully saturated rings. The molecule has 0 aliphatic carbocycles. The summed E-state index contributed by atoms with van der Waals surface area (Å²) in [5, 5.41) is 3.50. The molecule has 0 N–H and O–H groups in total. The summed E-state index contributed by atoms with van der Waals surface area (Å²) in [6.07, 6.45) is 2.38. The molecule has 0 radical (unpaired) electrons. The maximum atomic E-state index is 4.67. The SMILES string of the molecule is CC(C)CCc1nc(C(C)(C)C)cs1. The van der Waals surface area contributed by atoms with E-state index in [-0.39, 0.29) is 5.41 Å². The average molecular weight is 211 g/mol. The van der Waals surface area contributed by atoms with Crippen molar-refractivity contribution in [2.24, 2.45) is 5.92 Å². The standard InChI is InChI=1S/C12H21NS/c1-9(2)6-7-11-13-10(8-14-11)12(3,4)5/h8-9H,6-7H2,1-5H3. The van der Waals surface area contributed by atoms with Crippen LogP contribution in [0.15, 0.2) is 5.38 Å². The molecule has 0 saturated heterocycles. The molecule has 1 nitrogen and oxygen atoms in total. The van der Waals surface area contributed by atoms with Gasteiger partial charge in [0, 0.05) is 10.8 Å². The third-order valence-corrected chi connectivity index (χ3v) is 3.16. The van der Waals surface area contributed by atoms with Crippen molar-refractivity contribution in [1.29, 1.82) is 0 Å². The molecule has 0 amide bonds. The number of rotatable bonds is 3. The Labute approximate surface area is 91.6 Å². The van der Waals surface area contributed by atoms with Gasteiger partial charge in [-0.15, -0.1) is 11.3 Å². The van der Waals surface area contributed by atoms with Gasteiger partial charge in [-0.05, 0) is 18.8 Å². The normalized spacial score (nSPS) is 12.4. The van der Waals surface area contributed by atoms with E-state index in [2.05, 4.69) is 45.0 Å². The van der Waals surface area contributed by atoms with Crippen molar-refractivity contribution >= 4 is 11.3 Å².